The van der Waals surface area contributed by atoms with Gasteiger partial charge in [0.25, 0.3) is 0 Å². The second-order valence-electron chi connectivity index (χ2n) is 7.09. The van der Waals surface area contributed by atoms with Gasteiger partial charge < -0.3 is 14.6 Å². The van der Waals surface area contributed by atoms with Crippen LogP contribution in [-0.4, -0.2) is 29.6 Å². The van der Waals surface area contributed by atoms with Crippen LogP contribution < -0.4 is 0 Å². The van der Waals surface area contributed by atoms with Gasteiger partial charge in [-0.2, -0.15) is 0 Å². The molecule has 0 bridgehead atoms. The Kier molecular flexibility index (Phi) is 5.78. The summed E-state index contributed by atoms with van der Waals surface area (Å²) in [6, 6.07) is 0. The molecule has 2 atom stereocenters. The lowest BCUT2D eigenvalue weighted by Crippen LogP contribution is -2.31. The van der Waals surface area contributed by atoms with Gasteiger partial charge in [0.15, 0.2) is 0 Å². The molecule has 0 aliphatic carbocycles. The predicted molar refractivity (Wildman–Crippen MR) is 78.1 cm³/mol. The van der Waals surface area contributed by atoms with Crippen LogP contribution in [0.3, 0.4) is 0 Å². The highest BCUT2D eigenvalue weighted by Crippen LogP contribution is 2.30. The summed E-state index contributed by atoms with van der Waals surface area (Å²) < 4.78 is 10.8. The summed E-state index contributed by atoms with van der Waals surface area (Å²) in [5.74, 6) is -0.417. The molecule has 2 unspecified atom stereocenters. The van der Waals surface area contributed by atoms with Gasteiger partial charge in [-0.3, -0.25) is 4.79 Å². The van der Waals surface area contributed by atoms with Gasteiger partial charge in [0.1, 0.15) is 0 Å². The minimum atomic E-state index is -0.949. The quantitative estimate of drug-likeness (QED) is 0.550. The average molecular weight is 284 g/mol. The van der Waals surface area contributed by atoms with E-state index in [9.17, 15) is 9.90 Å². The molecule has 0 radical (unpaired) electrons. The van der Waals surface area contributed by atoms with Gasteiger partial charge in [-0.1, -0.05) is 19.9 Å². The number of hydrogen-bond donors (Lipinski definition) is 1. The largest absolute Gasteiger partial charge is 0.436 e. The van der Waals surface area contributed by atoms with Crippen molar-refractivity contribution in [2.75, 3.05) is 6.61 Å². The number of carbonyl (C=O) groups is 1. The lowest BCUT2D eigenvalue weighted by Gasteiger charge is -2.32. The van der Waals surface area contributed by atoms with Crippen LogP contribution in [0.2, 0.25) is 0 Å². The Morgan fingerprint density at radius 2 is 2.10 bits per heavy atom. The Morgan fingerprint density at radius 3 is 2.60 bits per heavy atom. The zero-order valence-electron chi connectivity index (χ0n) is 13.1. The Bertz CT molecular complexity index is 346. The summed E-state index contributed by atoms with van der Waals surface area (Å²) in [7, 11) is 0. The molecule has 4 heteroatoms. The average Bonchev–Trinajstić information content (AvgIpc) is 2.63. The van der Waals surface area contributed by atoms with E-state index in [2.05, 4.69) is 20.4 Å². The standard InChI is InChI=1S/C16H28O4/c1-6-8-15(2,3)11-19-16(4,5)9-7-12-10-13(17)20-14(12)18/h6,12,14,18H,1,7-11H2,2-5H3. The number of allylic oxidation sites excluding steroid dienone is 1. The van der Waals surface area contributed by atoms with E-state index in [0.29, 0.717) is 13.0 Å². The summed E-state index contributed by atoms with van der Waals surface area (Å²) in [6.45, 7) is 12.8. The van der Waals surface area contributed by atoms with Crippen molar-refractivity contribution in [2.24, 2.45) is 11.3 Å². The maximum Gasteiger partial charge on any atom is 0.308 e. The first-order chi connectivity index (χ1) is 9.15. The van der Waals surface area contributed by atoms with Crippen LogP contribution in [0.25, 0.3) is 0 Å². The lowest BCUT2D eigenvalue weighted by atomic mass is 9.89. The summed E-state index contributed by atoms with van der Waals surface area (Å²) in [5, 5.41) is 9.59. The van der Waals surface area contributed by atoms with Gasteiger partial charge in [-0.25, -0.2) is 0 Å². The smallest absolute Gasteiger partial charge is 0.308 e. The molecule has 0 aromatic heterocycles. The number of rotatable bonds is 8. The molecule has 0 amide bonds. The molecule has 0 aromatic rings. The molecular weight excluding hydrogens is 256 g/mol. The third-order valence-corrected chi connectivity index (χ3v) is 3.75. The molecule has 1 heterocycles. The number of hydrogen-bond acceptors (Lipinski definition) is 4. The summed E-state index contributed by atoms with van der Waals surface area (Å²) in [4.78, 5) is 11.1. The van der Waals surface area contributed by atoms with Crippen molar-refractivity contribution in [3.63, 3.8) is 0 Å². The van der Waals surface area contributed by atoms with Crippen LogP contribution in [0, 0.1) is 11.3 Å². The van der Waals surface area contributed by atoms with E-state index in [4.69, 9.17) is 9.47 Å². The predicted octanol–water partition coefficient (Wildman–Crippen LogP) is 3.05. The molecule has 116 valence electrons. The van der Waals surface area contributed by atoms with Crippen LogP contribution in [-0.2, 0) is 14.3 Å². The fraction of sp³-hybridized carbons (Fsp3) is 0.812. The van der Waals surface area contributed by atoms with Gasteiger partial charge in [0.05, 0.1) is 18.6 Å². The minimum absolute atomic E-state index is 0.0744. The first kappa shape index (κ1) is 17.2. The van der Waals surface area contributed by atoms with Gasteiger partial charge in [-0.05, 0) is 38.5 Å². The zero-order valence-corrected chi connectivity index (χ0v) is 13.1. The highest BCUT2D eigenvalue weighted by atomic mass is 16.6. The van der Waals surface area contributed by atoms with Crippen molar-refractivity contribution in [1.29, 1.82) is 0 Å². The first-order valence-electron chi connectivity index (χ1n) is 7.28. The van der Waals surface area contributed by atoms with Crippen molar-refractivity contribution in [2.45, 2.75) is 65.3 Å². The van der Waals surface area contributed by atoms with Crippen LogP contribution in [0.15, 0.2) is 12.7 Å². The molecule has 0 spiro atoms. The monoisotopic (exact) mass is 284 g/mol. The fourth-order valence-corrected chi connectivity index (χ4v) is 2.28. The highest BCUT2D eigenvalue weighted by Gasteiger charge is 2.34. The van der Waals surface area contributed by atoms with Crippen molar-refractivity contribution >= 4 is 5.97 Å². The maximum absolute atomic E-state index is 11.1. The van der Waals surface area contributed by atoms with Crippen molar-refractivity contribution in [3.05, 3.63) is 12.7 Å². The van der Waals surface area contributed by atoms with Crippen LogP contribution >= 0.6 is 0 Å². The number of ether oxygens (including phenoxy) is 2. The first-order valence-corrected chi connectivity index (χ1v) is 7.28. The number of aliphatic hydroxyl groups is 1. The third kappa shape index (κ3) is 5.63. The Hall–Kier alpha value is -0.870. The molecule has 20 heavy (non-hydrogen) atoms. The number of esters is 1. The van der Waals surface area contributed by atoms with Crippen LogP contribution in [0.4, 0.5) is 0 Å². The van der Waals surface area contributed by atoms with Crippen LogP contribution in [0.5, 0.6) is 0 Å². The van der Waals surface area contributed by atoms with E-state index >= 15 is 0 Å². The molecule has 1 aliphatic heterocycles. The second-order valence-corrected chi connectivity index (χ2v) is 7.09. The number of carbonyl (C=O) groups excluding carboxylic acids is 1. The van der Waals surface area contributed by atoms with Gasteiger partial charge in [-0.15, -0.1) is 6.58 Å². The lowest BCUT2D eigenvalue weighted by molar-refractivity contribution is -0.156. The van der Waals surface area contributed by atoms with E-state index < -0.39 is 6.29 Å². The molecule has 4 nitrogen and oxygen atoms in total. The van der Waals surface area contributed by atoms with Gasteiger partial charge in [0, 0.05) is 5.92 Å². The molecule has 1 saturated heterocycles. The molecule has 1 N–H and O–H groups in total. The summed E-state index contributed by atoms with van der Waals surface area (Å²) in [6.07, 6.45) is 3.69. The Labute approximate surface area is 122 Å². The van der Waals surface area contributed by atoms with E-state index in [1.54, 1.807) is 0 Å². The van der Waals surface area contributed by atoms with Crippen molar-refractivity contribution in [3.8, 4) is 0 Å². The number of aliphatic hydroxyl groups excluding tert-OH is 1. The highest BCUT2D eigenvalue weighted by molar-refractivity contribution is 5.71. The normalized spacial score (nSPS) is 23.8. The molecule has 1 fully saturated rings. The number of cyclic esters (lactones) is 1. The zero-order chi connectivity index (χ0) is 15.4. The molecule has 0 saturated carbocycles. The molecular formula is C16H28O4. The topological polar surface area (TPSA) is 55.8 Å². The third-order valence-electron chi connectivity index (χ3n) is 3.75. The molecule has 1 aliphatic rings. The SMILES string of the molecule is C=CCC(C)(C)COC(C)(C)CCC1CC(=O)OC1O. The van der Waals surface area contributed by atoms with E-state index in [0.717, 1.165) is 19.3 Å². The van der Waals surface area contributed by atoms with Crippen LogP contribution in [0.1, 0.15) is 53.4 Å². The minimum Gasteiger partial charge on any atom is -0.436 e. The molecule has 0 aromatic carbocycles. The van der Waals surface area contributed by atoms with Gasteiger partial charge in [0.2, 0.25) is 6.29 Å². The second kappa shape index (κ2) is 6.72. The van der Waals surface area contributed by atoms with E-state index in [1.165, 1.54) is 0 Å². The summed E-state index contributed by atoms with van der Waals surface area (Å²) in [5.41, 5.74) is -0.200. The maximum atomic E-state index is 11.1. The Morgan fingerprint density at radius 1 is 1.45 bits per heavy atom. The van der Waals surface area contributed by atoms with E-state index in [1.807, 2.05) is 19.9 Å². The van der Waals surface area contributed by atoms with Gasteiger partial charge >= 0.3 is 5.97 Å². The van der Waals surface area contributed by atoms with Crippen molar-refractivity contribution in [1.82, 2.24) is 0 Å². The summed E-state index contributed by atoms with van der Waals surface area (Å²) >= 11 is 0. The Balaban J connectivity index is 2.37. The fourth-order valence-electron chi connectivity index (χ4n) is 2.28. The molecule has 1 rings (SSSR count). The van der Waals surface area contributed by atoms with E-state index in [-0.39, 0.29) is 22.9 Å². The van der Waals surface area contributed by atoms with Crippen molar-refractivity contribution < 1.29 is 19.4 Å².